The van der Waals surface area contributed by atoms with Crippen LogP contribution in [0.1, 0.15) is 44.5 Å². The van der Waals surface area contributed by atoms with Crippen molar-refractivity contribution in [2.24, 2.45) is 11.0 Å². The number of nitrogens with one attached hydrogen (secondary N) is 1. The molecule has 0 bridgehead atoms. The number of carboxylic acid groups (broad SMARTS) is 1. The van der Waals surface area contributed by atoms with Crippen LogP contribution in [0.3, 0.4) is 0 Å². The van der Waals surface area contributed by atoms with Crippen LogP contribution in [0.2, 0.25) is 0 Å². The fraction of sp³-hybridized carbons (Fsp3) is 0.286. The molecule has 0 aromatic heterocycles. The standard InChI is InChI=1S/C12H15NO4.C8H9NO3.CH4.ClH2N.ClH/c1-3-17-12(16)11(13-8(2)14)9-4-6-10(15)7-5-9;9-7(8(11)12)5-1-3-6(10)4-2-5;;1-2;/h4-7,11,15H,3H2,1-2H3,(H,13,14);1-4,7,10H,9H2,(H,11,12);1H4;2H2;1H/t11-;7-;;;/m11.../s1. The second-order valence-corrected chi connectivity index (χ2v) is 5.88. The van der Waals surface area contributed by atoms with Crippen molar-refractivity contribution < 1.29 is 34.4 Å². The van der Waals surface area contributed by atoms with Gasteiger partial charge in [0.15, 0.2) is 6.04 Å². The first-order chi connectivity index (χ1) is 14.6. The number of aliphatic carboxylic acids is 1. The minimum atomic E-state index is -1.08. The van der Waals surface area contributed by atoms with Crippen LogP contribution in [0.25, 0.3) is 0 Å². The Morgan fingerprint density at radius 3 is 1.70 bits per heavy atom. The second kappa shape index (κ2) is 18.5. The molecule has 186 valence electrons. The van der Waals surface area contributed by atoms with Gasteiger partial charge in [-0.2, -0.15) is 0 Å². The van der Waals surface area contributed by atoms with Crippen molar-refractivity contribution in [2.75, 3.05) is 6.61 Å². The molecule has 0 unspecified atom stereocenters. The first kappa shape index (κ1) is 34.6. The van der Waals surface area contributed by atoms with E-state index in [0.717, 1.165) is 0 Å². The van der Waals surface area contributed by atoms with Crippen molar-refractivity contribution in [1.29, 1.82) is 0 Å². The van der Waals surface area contributed by atoms with Gasteiger partial charge in [-0.05, 0) is 54.1 Å². The summed E-state index contributed by atoms with van der Waals surface area (Å²) in [6, 6.07) is 9.92. The van der Waals surface area contributed by atoms with E-state index < -0.39 is 24.0 Å². The van der Waals surface area contributed by atoms with E-state index in [1.807, 2.05) is 0 Å². The molecular formula is C21H31Cl2N3O7. The predicted molar refractivity (Wildman–Crippen MR) is 128 cm³/mol. The summed E-state index contributed by atoms with van der Waals surface area (Å²) in [4.78, 5) is 33.1. The Hall–Kier alpha value is -3.05. The highest BCUT2D eigenvalue weighted by Crippen LogP contribution is 2.18. The van der Waals surface area contributed by atoms with Gasteiger partial charge in [0.25, 0.3) is 0 Å². The van der Waals surface area contributed by atoms with Crippen LogP contribution in [-0.4, -0.2) is 39.8 Å². The van der Waals surface area contributed by atoms with Crippen molar-refractivity contribution in [3.8, 4) is 11.5 Å². The molecule has 0 aliphatic carbocycles. The van der Waals surface area contributed by atoms with Gasteiger partial charge in [-0.3, -0.25) is 9.59 Å². The number of aromatic hydroxyl groups is 2. The number of benzene rings is 2. The monoisotopic (exact) mass is 507 g/mol. The van der Waals surface area contributed by atoms with Crippen LogP contribution in [0.5, 0.6) is 11.5 Å². The van der Waals surface area contributed by atoms with E-state index in [0.29, 0.717) is 11.1 Å². The smallest absolute Gasteiger partial charge is 0.333 e. The highest BCUT2D eigenvalue weighted by molar-refractivity contribution is 6.11. The average molecular weight is 508 g/mol. The van der Waals surface area contributed by atoms with Crippen molar-refractivity contribution >= 4 is 42.0 Å². The lowest BCUT2D eigenvalue weighted by Crippen LogP contribution is -2.33. The Kier molecular flexibility index (Phi) is 19.4. The van der Waals surface area contributed by atoms with Crippen LogP contribution in [0, 0.1) is 0 Å². The van der Waals surface area contributed by atoms with Gasteiger partial charge in [0.05, 0.1) is 6.61 Å². The summed E-state index contributed by atoms with van der Waals surface area (Å²) in [5, 5.41) is 33.0. The molecule has 2 aromatic rings. The Morgan fingerprint density at radius 1 is 0.970 bits per heavy atom. The summed E-state index contributed by atoms with van der Waals surface area (Å²) in [6.45, 7) is 3.26. The van der Waals surface area contributed by atoms with Crippen LogP contribution >= 0.6 is 24.2 Å². The first-order valence-electron chi connectivity index (χ1n) is 8.87. The minimum absolute atomic E-state index is 0. The number of carbonyl (C=O) groups is 3. The molecule has 0 saturated heterocycles. The van der Waals surface area contributed by atoms with Crippen LogP contribution in [0.15, 0.2) is 48.5 Å². The first-order valence-corrected chi connectivity index (χ1v) is 9.31. The number of phenolic OH excluding ortho intramolecular Hbond substituents is 2. The summed E-state index contributed by atoms with van der Waals surface area (Å²) < 4.78 is 4.87. The molecule has 0 aliphatic heterocycles. The van der Waals surface area contributed by atoms with E-state index in [-0.39, 0.29) is 43.8 Å². The highest BCUT2D eigenvalue weighted by Gasteiger charge is 2.22. The molecule has 1 amide bonds. The Bertz CT molecular complexity index is 835. The molecule has 0 radical (unpaired) electrons. The fourth-order valence-corrected chi connectivity index (χ4v) is 2.20. The van der Waals surface area contributed by atoms with Crippen LogP contribution < -0.4 is 16.3 Å². The summed E-state index contributed by atoms with van der Waals surface area (Å²) >= 11 is 4.14. The van der Waals surface area contributed by atoms with E-state index in [9.17, 15) is 14.4 Å². The number of amides is 1. The van der Waals surface area contributed by atoms with Crippen molar-refractivity contribution in [2.45, 2.75) is 33.4 Å². The number of ether oxygens (including phenoxy) is 1. The fourth-order valence-electron chi connectivity index (χ4n) is 2.20. The predicted octanol–water partition coefficient (Wildman–Crippen LogP) is 2.77. The number of phenols is 2. The topological polar surface area (TPSA) is 185 Å². The van der Waals surface area contributed by atoms with Gasteiger partial charge < -0.3 is 31.1 Å². The van der Waals surface area contributed by atoms with E-state index in [1.54, 1.807) is 19.1 Å². The molecule has 2 atom stereocenters. The minimum Gasteiger partial charge on any atom is -0.508 e. The van der Waals surface area contributed by atoms with Crippen molar-refractivity contribution in [3.63, 3.8) is 0 Å². The Labute approximate surface area is 204 Å². The van der Waals surface area contributed by atoms with Gasteiger partial charge in [0.2, 0.25) is 5.91 Å². The molecule has 33 heavy (non-hydrogen) atoms. The van der Waals surface area contributed by atoms with Gasteiger partial charge in [0.1, 0.15) is 17.5 Å². The zero-order valence-electron chi connectivity index (χ0n) is 17.4. The molecule has 8 N–H and O–H groups in total. The molecule has 12 heteroatoms. The Morgan fingerprint density at radius 2 is 1.36 bits per heavy atom. The average Bonchev–Trinajstić information content (AvgIpc) is 2.74. The quantitative estimate of drug-likeness (QED) is 0.252. The van der Waals surface area contributed by atoms with Crippen LogP contribution in [0.4, 0.5) is 0 Å². The van der Waals surface area contributed by atoms with E-state index in [1.165, 1.54) is 43.3 Å². The maximum Gasteiger partial charge on any atom is 0.333 e. The lowest BCUT2D eigenvalue weighted by molar-refractivity contribution is -0.147. The molecule has 0 aliphatic rings. The summed E-state index contributed by atoms with van der Waals surface area (Å²) in [6.07, 6.45) is 0. The number of carbonyl (C=O) groups excluding carboxylic acids is 2. The lowest BCUT2D eigenvalue weighted by Gasteiger charge is -2.16. The second-order valence-electron chi connectivity index (χ2n) is 5.88. The largest absolute Gasteiger partial charge is 0.508 e. The number of nitrogens with two attached hydrogens (primary N) is 2. The summed E-state index contributed by atoms with van der Waals surface area (Å²) in [5.74, 6) is -1.74. The summed E-state index contributed by atoms with van der Waals surface area (Å²) in [7, 11) is 0. The zero-order chi connectivity index (χ0) is 24.0. The SMILES string of the molecule is C.CCOC(=O)[C@H](NC(C)=O)c1ccc(O)cc1.Cl.NCl.N[C@@H](C(=O)O)c1ccc(O)cc1. The van der Waals surface area contributed by atoms with Gasteiger partial charge in [0, 0.05) is 6.92 Å². The molecule has 2 rings (SSSR count). The summed E-state index contributed by atoms with van der Waals surface area (Å²) in [5.41, 5.74) is 6.35. The van der Waals surface area contributed by atoms with Gasteiger partial charge in [-0.25, -0.2) is 10.0 Å². The molecule has 0 saturated carbocycles. The third-order valence-electron chi connectivity index (χ3n) is 3.61. The van der Waals surface area contributed by atoms with Crippen LogP contribution in [-0.2, 0) is 19.1 Å². The van der Waals surface area contributed by atoms with Gasteiger partial charge in [-0.1, -0.05) is 31.7 Å². The van der Waals surface area contributed by atoms with E-state index in [2.05, 4.69) is 22.3 Å². The molecule has 10 nitrogen and oxygen atoms in total. The number of hydrogen-bond donors (Lipinski definition) is 6. The van der Waals surface area contributed by atoms with Gasteiger partial charge >= 0.3 is 11.9 Å². The van der Waals surface area contributed by atoms with E-state index in [4.69, 9.17) is 25.8 Å². The molecular weight excluding hydrogens is 477 g/mol. The van der Waals surface area contributed by atoms with Gasteiger partial charge in [-0.15, -0.1) is 12.4 Å². The maximum absolute atomic E-state index is 11.7. The zero-order valence-corrected chi connectivity index (χ0v) is 19.0. The lowest BCUT2D eigenvalue weighted by atomic mass is 10.1. The molecule has 0 spiro atoms. The number of esters is 1. The number of rotatable bonds is 6. The normalized spacial score (nSPS) is 10.7. The number of hydrogen-bond acceptors (Lipinski definition) is 8. The molecule has 0 fully saturated rings. The molecule has 2 aromatic carbocycles. The third-order valence-corrected chi connectivity index (χ3v) is 3.61. The number of halogens is 2. The van der Waals surface area contributed by atoms with Crippen molar-refractivity contribution in [3.05, 3.63) is 59.7 Å². The maximum atomic E-state index is 11.7. The van der Waals surface area contributed by atoms with E-state index >= 15 is 0 Å². The third kappa shape index (κ3) is 13.2. The highest BCUT2D eigenvalue weighted by atomic mass is 35.5. The van der Waals surface area contributed by atoms with Crippen molar-refractivity contribution in [1.82, 2.24) is 5.32 Å². The molecule has 0 heterocycles. The Balaban J connectivity index is -0.000000500. The number of carboxylic acids is 1.